The molecule has 32 heavy (non-hydrogen) atoms. The van der Waals surface area contributed by atoms with Gasteiger partial charge in [-0.05, 0) is 66.5 Å². The molecule has 1 unspecified atom stereocenters. The first-order valence-corrected chi connectivity index (χ1v) is 11.5. The number of benzene rings is 2. The molecule has 0 radical (unpaired) electrons. The van der Waals surface area contributed by atoms with Crippen molar-refractivity contribution >= 4 is 57.2 Å². The van der Waals surface area contributed by atoms with Crippen molar-refractivity contribution in [2.75, 3.05) is 12.0 Å². The van der Waals surface area contributed by atoms with Gasteiger partial charge in [-0.3, -0.25) is 19.7 Å². The molecule has 1 atom stereocenters. The van der Waals surface area contributed by atoms with Crippen molar-refractivity contribution in [2.24, 2.45) is 0 Å². The molecule has 0 aromatic heterocycles. The van der Waals surface area contributed by atoms with Crippen LogP contribution >= 0.6 is 27.7 Å². The maximum Gasteiger partial charge on any atom is 0.326 e. The van der Waals surface area contributed by atoms with Crippen LogP contribution in [0.3, 0.4) is 0 Å². The van der Waals surface area contributed by atoms with E-state index < -0.39 is 28.7 Å². The van der Waals surface area contributed by atoms with Crippen LogP contribution in [-0.2, 0) is 9.59 Å². The number of rotatable bonds is 10. The summed E-state index contributed by atoms with van der Waals surface area (Å²) in [6.45, 7) is 0. The molecule has 0 spiro atoms. The van der Waals surface area contributed by atoms with E-state index in [4.69, 9.17) is 0 Å². The summed E-state index contributed by atoms with van der Waals surface area (Å²) in [6.07, 6.45) is 3.34. The zero-order valence-electron chi connectivity index (χ0n) is 16.9. The number of carbonyl (C=O) groups excluding carboxylic acids is 2. The first kappa shape index (κ1) is 25.1. The van der Waals surface area contributed by atoms with Crippen molar-refractivity contribution in [1.29, 1.82) is 0 Å². The summed E-state index contributed by atoms with van der Waals surface area (Å²) in [4.78, 5) is 47.3. The summed E-state index contributed by atoms with van der Waals surface area (Å²) in [6, 6.07) is 10.7. The van der Waals surface area contributed by atoms with Gasteiger partial charge in [-0.25, -0.2) is 4.79 Å². The van der Waals surface area contributed by atoms with E-state index in [1.165, 1.54) is 42.1 Å². The average Bonchev–Trinajstić information content (AvgIpc) is 2.76. The summed E-state index contributed by atoms with van der Waals surface area (Å²) in [5, 5.41) is 25.2. The lowest BCUT2D eigenvalue weighted by Crippen LogP contribution is -2.44. The minimum atomic E-state index is -1.19. The predicted molar refractivity (Wildman–Crippen MR) is 125 cm³/mol. The first-order chi connectivity index (χ1) is 15.2. The van der Waals surface area contributed by atoms with Gasteiger partial charge in [0.15, 0.2) is 0 Å². The molecule has 11 heteroatoms. The minimum Gasteiger partial charge on any atom is -0.480 e. The Morgan fingerprint density at radius 1 is 1.16 bits per heavy atom. The van der Waals surface area contributed by atoms with Crippen LogP contribution in [-0.4, -0.2) is 45.9 Å². The van der Waals surface area contributed by atoms with Crippen LogP contribution in [0, 0.1) is 10.1 Å². The van der Waals surface area contributed by atoms with Crippen LogP contribution in [0.2, 0.25) is 0 Å². The highest BCUT2D eigenvalue weighted by atomic mass is 79.9. The van der Waals surface area contributed by atoms with Gasteiger partial charge < -0.3 is 15.7 Å². The monoisotopic (exact) mass is 521 g/mol. The Kier molecular flexibility index (Phi) is 9.41. The number of hydrogen-bond acceptors (Lipinski definition) is 6. The molecule has 0 bridgehead atoms. The van der Waals surface area contributed by atoms with Crippen LogP contribution in [0.1, 0.15) is 22.3 Å². The summed E-state index contributed by atoms with van der Waals surface area (Å²) in [7, 11) is 0. The third-order valence-corrected chi connectivity index (χ3v) is 5.40. The number of nitro benzene ring substituents is 1. The molecule has 2 rings (SSSR count). The SMILES string of the molecule is CSCCC(NC(=O)C(=Cc1ccc([N+](=O)[O-])cc1)NC(=O)c1ccc(Br)cc1)C(=O)O. The van der Waals surface area contributed by atoms with Crippen LogP contribution in [0.25, 0.3) is 6.08 Å². The highest BCUT2D eigenvalue weighted by molar-refractivity contribution is 9.10. The van der Waals surface area contributed by atoms with Crippen molar-refractivity contribution in [3.8, 4) is 0 Å². The second-order valence-corrected chi connectivity index (χ2v) is 8.41. The smallest absolute Gasteiger partial charge is 0.326 e. The second kappa shape index (κ2) is 12.0. The lowest BCUT2D eigenvalue weighted by molar-refractivity contribution is -0.384. The fourth-order valence-electron chi connectivity index (χ4n) is 2.54. The molecule has 0 saturated heterocycles. The number of hydrogen-bond donors (Lipinski definition) is 3. The topological polar surface area (TPSA) is 139 Å². The van der Waals surface area contributed by atoms with E-state index in [2.05, 4.69) is 26.6 Å². The molecule has 0 heterocycles. The van der Waals surface area contributed by atoms with Crippen molar-refractivity contribution in [3.63, 3.8) is 0 Å². The number of non-ortho nitro benzene ring substituents is 1. The maximum atomic E-state index is 12.8. The number of halogens is 1. The highest BCUT2D eigenvalue weighted by Crippen LogP contribution is 2.15. The molecule has 0 aliphatic rings. The van der Waals surface area contributed by atoms with Crippen LogP contribution in [0.15, 0.2) is 58.7 Å². The van der Waals surface area contributed by atoms with Gasteiger partial charge in [0.1, 0.15) is 11.7 Å². The number of nitrogens with one attached hydrogen (secondary N) is 2. The molecule has 3 N–H and O–H groups in total. The summed E-state index contributed by atoms with van der Waals surface area (Å²) >= 11 is 4.72. The van der Waals surface area contributed by atoms with Gasteiger partial charge in [-0.1, -0.05) is 15.9 Å². The van der Waals surface area contributed by atoms with Crippen molar-refractivity contribution in [3.05, 3.63) is 79.9 Å². The Morgan fingerprint density at radius 2 is 1.78 bits per heavy atom. The van der Waals surface area contributed by atoms with Gasteiger partial charge in [0.2, 0.25) is 0 Å². The van der Waals surface area contributed by atoms with E-state index in [1.807, 2.05) is 6.26 Å². The summed E-state index contributed by atoms with van der Waals surface area (Å²) < 4.78 is 0.770. The molecular formula is C21H20BrN3O6S. The van der Waals surface area contributed by atoms with Gasteiger partial charge in [-0.2, -0.15) is 11.8 Å². The molecule has 2 aromatic rings. The van der Waals surface area contributed by atoms with Crippen LogP contribution in [0.4, 0.5) is 5.69 Å². The van der Waals surface area contributed by atoms with E-state index in [0.29, 0.717) is 11.3 Å². The Balaban J connectivity index is 2.32. The van der Waals surface area contributed by atoms with E-state index in [-0.39, 0.29) is 23.4 Å². The number of thioether (sulfide) groups is 1. The summed E-state index contributed by atoms with van der Waals surface area (Å²) in [5.74, 6) is -2.04. The first-order valence-electron chi connectivity index (χ1n) is 9.27. The molecule has 0 fully saturated rings. The van der Waals surface area contributed by atoms with E-state index in [0.717, 1.165) is 4.47 Å². The van der Waals surface area contributed by atoms with E-state index in [1.54, 1.807) is 24.3 Å². The Morgan fingerprint density at radius 3 is 2.31 bits per heavy atom. The van der Waals surface area contributed by atoms with Crippen molar-refractivity contribution < 1.29 is 24.4 Å². The third kappa shape index (κ3) is 7.50. The van der Waals surface area contributed by atoms with Gasteiger partial charge in [0.25, 0.3) is 17.5 Å². The number of aliphatic carboxylic acids is 1. The molecule has 9 nitrogen and oxygen atoms in total. The molecule has 0 aliphatic heterocycles. The van der Waals surface area contributed by atoms with Gasteiger partial charge in [0, 0.05) is 22.2 Å². The normalized spacial score (nSPS) is 12.0. The minimum absolute atomic E-state index is 0.130. The zero-order valence-corrected chi connectivity index (χ0v) is 19.3. The van der Waals surface area contributed by atoms with Crippen molar-refractivity contribution in [2.45, 2.75) is 12.5 Å². The fraction of sp³-hybridized carbons (Fsp3) is 0.190. The van der Waals surface area contributed by atoms with Crippen molar-refractivity contribution in [1.82, 2.24) is 10.6 Å². The second-order valence-electron chi connectivity index (χ2n) is 6.51. The van der Waals surface area contributed by atoms with Gasteiger partial charge in [-0.15, -0.1) is 0 Å². The Hall–Kier alpha value is -3.18. The largest absolute Gasteiger partial charge is 0.480 e. The number of carboxylic acid groups (broad SMARTS) is 1. The number of nitro groups is 1. The predicted octanol–water partition coefficient (Wildman–Crippen LogP) is 3.45. The Labute approximate surface area is 196 Å². The Bertz CT molecular complexity index is 1020. The number of amides is 2. The molecule has 2 aromatic carbocycles. The molecule has 168 valence electrons. The zero-order chi connectivity index (χ0) is 23.7. The van der Waals surface area contributed by atoms with E-state index >= 15 is 0 Å². The van der Waals surface area contributed by atoms with E-state index in [9.17, 15) is 29.6 Å². The quantitative estimate of drug-likeness (QED) is 0.247. The molecule has 2 amide bonds. The summed E-state index contributed by atoms with van der Waals surface area (Å²) in [5.41, 5.74) is 0.373. The molecule has 0 aliphatic carbocycles. The molecule has 0 saturated carbocycles. The van der Waals surface area contributed by atoms with Crippen LogP contribution < -0.4 is 10.6 Å². The number of nitrogens with zero attached hydrogens (tertiary/aromatic N) is 1. The lowest BCUT2D eigenvalue weighted by atomic mass is 10.1. The fourth-order valence-corrected chi connectivity index (χ4v) is 3.28. The average molecular weight is 522 g/mol. The molecular weight excluding hydrogens is 502 g/mol. The third-order valence-electron chi connectivity index (χ3n) is 4.23. The highest BCUT2D eigenvalue weighted by Gasteiger charge is 2.23. The van der Waals surface area contributed by atoms with Gasteiger partial charge in [0.05, 0.1) is 4.92 Å². The number of carbonyl (C=O) groups is 3. The van der Waals surface area contributed by atoms with Crippen LogP contribution in [0.5, 0.6) is 0 Å². The van der Waals surface area contributed by atoms with Gasteiger partial charge >= 0.3 is 5.97 Å². The number of carboxylic acids is 1. The maximum absolute atomic E-state index is 12.8. The lowest BCUT2D eigenvalue weighted by Gasteiger charge is -2.16. The standard InChI is InChI=1S/C21H20BrN3O6S/c1-32-11-10-17(21(28)29)23-20(27)18(12-13-2-8-16(9-3-13)25(30)31)24-19(26)14-4-6-15(22)7-5-14/h2-9,12,17H,10-11H2,1H3,(H,23,27)(H,24,26)(H,28,29).